The van der Waals surface area contributed by atoms with Crippen LogP contribution in [0, 0.1) is 11.3 Å². The summed E-state index contributed by atoms with van der Waals surface area (Å²) < 4.78 is 41.7. The first-order valence-corrected chi connectivity index (χ1v) is 13.6. The monoisotopic (exact) mass is 496 g/mol. The molecule has 1 aliphatic carbocycles. The van der Waals surface area contributed by atoms with E-state index >= 15 is 0 Å². The number of ketones is 1. The molecule has 1 rings (SSSR count). The summed E-state index contributed by atoms with van der Waals surface area (Å²) in [4.78, 5) is 23.7. The van der Waals surface area contributed by atoms with Gasteiger partial charge >= 0.3 is 12.1 Å². The molecule has 0 amide bonds. The molecule has 33 heavy (non-hydrogen) atoms. The predicted molar refractivity (Wildman–Crippen MR) is 127 cm³/mol. The van der Waals surface area contributed by atoms with Crippen LogP contribution in [0.2, 0.25) is 0 Å². The number of rotatable bonds is 17. The van der Waals surface area contributed by atoms with Crippen molar-refractivity contribution >= 4 is 23.5 Å². The Morgan fingerprint density at radius 3 is 2.39 bits per heavy atom. The second-order valence-electron chi connectivity index (χ2n) is 9.92. The number of Topliss-reactive ketones (excluding diaryl/α,β-unsaturated/α-hetero) is 1. The molecule has 0 aliphatic heterocycles. The fraction of sp³-hybridized carbons (Fsp3) is 0.920. The van der Waals surface area contributed by atoms with E-state index in [-0.39, 0.29) is 29.0 Å². The van der Waals surface area contributed by atoms with Crippen LogP contribution in [0.4, 0.5) is 13.2 Å². The lowest BCUT2D eigenvalue weighted by Gasteiger charge is -2.31. The van der Waals surface area contributed by atoms with E-state index < -0.39 is 18.7 Å². The Morgan fingerprint density at radius 1 is 1.09 bits per heavy atom. The van der Waals surface area contributed by atoms with Crippen LogP contribution in [0.15, 0.2) is 0 Å². The molecule has 1 aliphatic rings. The molecule has 3 atom stereocenters. The van der Waals surface area contributed by atoms with E-state index in [1.54, 1.807) is 18.7 Å². The summed E-state index contributed by atoms with van der Waals surface area (Å²) in [7, 11) is 0. The van der Waals surface area contributed by atoms with Crippen LogP contribution in [0.25, 0.3) is 0 Å². The molecule has 1 fully saturated rings. The molecule has 8 heteroatoms. The quantitative estimate of drug-likeness (QED) is 0.176. The molecular weight excluding hydrogens is 453 g/mol. The molecule has 0 aromatic rings. The lowest BCUT2D eigenvalue weighted by molar-refractivity contribution is -0.143. The van der Waals surface area contributed by atoms with Crippen molar-refractivity contribution in [2.45, 2.75) is 122 Å². The van der Waals surface area contributed by atoms with Crippen molar-refractivity contribution in [1.82, 2.24) is 0 Å². The first-order chi connectivity index (χ1) is 15.5. The van der Waals surface area contributed by atoms with Crippen LogP contribution < -0.4 is 0 Å². The molecule has 0 aromatic heterocycles. The van der Waals surface area contributed by atoms with Gasteiger partial charge in [0.2, 0.25) is 0 Å². The SMILES string of the molecule is CCOC(=O)CCCCCCC1C(=O)CCC1SCC(O)C(C)(C)CCCCCC(F)(F)F. The highest BCUT2D eigenvalue weighted by Gasteiger charge is 2.36. The van der Waals surface area contributed by atoms with Crippen LogP contribution in [0.3, 0.4) is 0 Å². The topological polar surface area (TPSA) is 63.6 Å². The van der Waals surface area contributed by atoms with Crippen molar-refractivity contribution in [2.24, 2.45) is 11.3 Å². The van der Waals surface area contributed by atoms with E-state index in [0.717, 1.165) is 38.5 Å². The summed E-state index contributed by atoms with van der Waals surface area (Å²) in [5, 5.41) is 10.9. The average molecular weight is 497 g/mol. The Hall–Kier alpha value is -0.760. The molecule has 0 spiro atoms. The number of aliphatic hydroxyl groups is 1. The summed E-state index contributed by atoms with van der Waals surface area (Å²) in [6.45, 7) is 6.15. The maximum absolute atomic E-state index is 12.4. The van der Waals surface area contributed by atoms with Crippen LogP contribution in [-0.4, -0.2) is 46.7 Å². The van der Waals surface area contributed by atoms with Gasteiger partial charge in [0.1, 0.15) is 5.78 Å². The number of hydrogen-bond acceptors (Lipinski definition) is 5. The Labute approximate surface area is 201 Å². The predicted octanol–water partition coefficient (Wildman–Crippen LogP) is 6.87. The molecule has 0 bridgehead atoms. The third kappa shape index (κ3) is 13.1. The number of aliphatic hydroxyl groups excluding tert-OH is 1. The van der Waals surface area contributed by atoms with E-state index in [9.17, 15) is 27.9 Å². The normalized spacial score (nSPS) is 20.3. The van der Waals surface area contributed by atoms with Crippen molar-refractivity contribution in [2.75, 3.05) is 12.4 Å². The molecule has 0 radical (unpaired) electrons. The molecule has 1 saturated carbocycles. The molecule has 0 heterocycles. The summed E-state index contributed by atoms with van der Waals surface area (Å²) >= 11 is 1.67. The van der Waals surface area contributed by atoms with Gasteiger partial charge in [0, 0.05) is 36.2 Å². The Kier molecular flexibility index (Phi) is 14.0. The van der Waals surface area contributed by atoms with Crippen molar-refractivity contribution in [3.63, 3.8) is 0 Å². The molecule has 0 aromatic carbocycles. The minimum atomic E-state index is -4.09. The van der Waals surface area contributed by atoms with E-state index in [1.165, 1.54) is 0 Å². The standard InChI is InChI=1S/C25H43F3O4S/c1-4-32-23(31)13-9-6-5-8-12-19-20(29)14-15-21(19)33-18-22(30)24(2,3)16-10-7-11-17-25(26,27)28/h19,21-22,30H,4-18H2,1-3H3. The highest BCUT2D eigenvalue weighted by Crippen LogP contribution is 2.38. The number of alkyl halides is 3. The zero-order valence-electron chi connectivity index (χ0n) is 20.6. The fourth-order valence-electron chi connectivity index (χ4n) is 4.33. The molecular formula is C25H43F3O4S. The number of carbonyl (C=O) groups excluding carboxylic acids is 2. The number of carbonyl (C=O) groups is 2. The third-order valence-electron chi connectivity index (χ3n) is 6.64. The molecule has 3 unspecified atom stereocenters. The molecule has 0 saturated heterocycles. The average Bonchev–Trinajstić information content (AvgIpc) is 3.07. The Morgan fingerprint density at radius 2 is 1.73 bits per heavy atom. The fourth-order valence-corrected chi connectivity index (χ4v) is 6.02. The van der Waals surface area contributed by atoms with Crippen molar-refractivity contribution in [3.8, 4) is 0 Å². The number of thioether (sulfide) groups is 1. The van der Waals surface area contributed by atoms with Gasteiger partial charge in [-0.2, -0.15) is 24.9 Å². The maximum atomic E-state index is 12.4. The number of ether oxygens (including phenoxy) is 1. The second-order valence-corrected chi connectivity index (χ2v) is 11.2. The van der Waals surface area contributed by atoms with Gasteiger partial charge in [-0.15, -0.1) is 0 Å². The molecule has 1 N–H and O–H groups in total. The van der Waals surface area contributed by atoms with Crippen LogP contribution in [-0.2, 0) is 14.3 Å². The van der Waals surface area contributed by atoms with Crippen LogP contribution in [0.5, 0.6) is 0 Å². The van der Waals surface area contributed by atoms with Gasteiger partial charge in [-0.3, -0.25) is 9.59 Å². The lowest BCUT2D eigenvalue weighted by Crippen LogP contribution is -2.32. The third-order valence-corrected chi connectivity index (χ3v) is 8.14. The first kappa shape index (κ1) is 30.3. The Balaban J connectivity index is 2.29. The maximum Gasteiger partial charge on any atom is 0.389 e. The van der Waals surface area contributed by atoms with E-state index in [1.807, 2.05) is 13.8 Å². The summed E-state index contributed by atoms with van der Waals surface area (Å²) in [5.41, 5.74) is -0.359. The van der Waals surface area contributed by atoms with Gasteiger partial charge in [-0.1, -0.05) is 46.0 Å². The van der Waals surface area contributed by atoms with Crippen molar-refractivity contribution in [1.29, 1.82) is 0 Å². The lowest BCUT2D eigenvalue weighted by atomic mass is 9.82. The number of esters is 1. The van der Waals surface area contributed by atoms with Gasteiger partial charge in [0.05, 0.1) is 12.7 Å². The van der Waals surface area contributed by atoms with Crippen molar-refractivity contribution in [3.05, 3.63) is 0 Å². The molecule has 4 nitrogen and oxygen atoms in total. The minimum absolute atomic E-state index is 0.0396. The van der Waals surface area contributed by atoms with Crippen LogP contribution in [0.1, 0.15) is 104 Å². The van der Waals surface area contributed by atoms with Gasteiger partial charge in [-0.05, 0) is 44.4 Å². The smallest absolute Gasteiger partial charge is 0.389 e. The largest absolute Gasteiger partial charge is 0.466 e. The zero-order chi connectivity index (χ0) is 24.9. The highest BCUT2D eigenvalue weighted by molar-refractivity contribution is 8.00. The van der Waals surface area contributed by atoms with Gasteiger partial charge in [0.25, 0.3) is 0 Å². The summed E-state index contributed by atoms with van der Waals surface area (Å²) in [6.07, 6.45) is 3.10. The van der Waals surface area contributed by atoms with Crippen molar-refractivity contribution < 1.29 is 32.6 Å². The number of halogens is 3. The highest BCUT2D eigenvalue weighted by atomic mass is 32.2. The van der Waals surface area contributed by atoms with Gasteiger partial charge in [-0.25, -0.2) is 0 Å². The van der Waals surface area contributed by atoms with Gasteiger partial charge < -0.3 is 9.84 Å². The number of hydrogen-bond donors (Lipinski definition) is 1. The van der Waals surface area contributed by atoms with Crippen LogP contribution >= 0.6 is 11.8 Å². The summed E-state index contributed by atoms with van der Waals surface area (Å²) in [6, 6.07) is 0. The molecule has 194 valence electrons. The van der Waals surface area contributed by atoms with E-state index in [2.05, 4.69) is 0 Å². The first-order valence-electron chi connectivity index (χ1n) is 12.5. The van der Waals surface area contributed by atoms with E-state index in [4.69, 9.17) is 4.74 Å². The van der Waals surface area contributed by atoms with E-state index in [0.29, 0.717) is 50.2 Å². The Bertz CT molecular complexity index is 580. The minimum Gasteiger partial charge on any atom is -0.466 e. The summed E-state index contributed by atoms with van der Waals surface area (Å²) in [5.74, 6) is 0.752. The second kappa shape index (κ2) is 15.3. The number of unbranched alkanes of at least 4 members (excludes halogenated alkanes) is 5. The van der Waals surface area contributed by atoms with Gasteiger partial charge in [0.15, 0.2) is 0 Å². The zero-order valence-corrected chi connectivity index (χ0v) is 21.4.